The molecule has 18 heavy (non-hydrogen) atoms. The topological polar surface area (TPSA) is 72.2 Å². The van der Waals surface area contributed by atoms with E-state index in [1.54, 1.807) is 13.8 Å². The molecule has 1 N–H and O–H groups in total. The maximum atomic E-state index is 13.6. The van der Waals surface area contributed by atoms with E-state index in [1.165, 1.54) is 0 Å². The fourth-order valence-electron chi connectivity index (χ4n) is 1.21. The third kappa shape index (κ3) is 3.49. The summed E-state index contributed by atoms with van der Waals surface area (Å²) in [5.74, 6) is -1.51. The standard InChI is InChI=1S/C11H12BrFN2O3/c1-11(2,6-12)14-10(16)8-4-3-7(15(17)18)5-9(8)13/h3-5H,6H2,1-2H3,(H,14,16). The van der Waals surface area contributed by atoms with Gasteiger partial charge in [-0.1, -0.05) is 15.9 Å². The first-order chi connectivity index (χ1) is 8.26. The number of hydrogen-bond donors (Lipinski definition) is 1. The van der Waals surface area contributed by atoms with E-state index >= 15 is 0 Å². The second-order valence-corrected chi connectivity index (χ2v) is 4.95. The molecule has 0 unspecified atom stereocenters. The average molecular weight is 319 g/mol. The normalized spacial score (nSPS) is 11.1. The van der Waals surface area contributed by atoms with E-state index in [2.05, 4.69) is 21.2 Å². The molecule has 0 bridgehead atoms. The van der Waals surface area contributed by atoms with E-state index in [-0.39, 0.29) is 11.3 Å². The van der Waals surface area contributed by atoms with Crippen molar-refractivity contribution in [3.63, 3.8) is 0 Å². The fourth-order valence-corrected chi connectivity index (χ4v) is 1.35. The summed E-state index contributed by atoms with van der Waals surface area (Å²) < 4.78 is 13.6. The van der Waals surface area contributed by atoms with Crippen LogP contribution in [-0.2, 0) is 0 Å². The van der Waals surface area contributed by atoms with Crippen molar-refractivity contribution >= 4 is 27.5 Å². The Morgan fingerprint density at radius 3 is 2.61 bits per heavy atom. The molecule has 1 aromatic carbocycles. The van der Waals surface area contributed by atoms with Gasteiger partial charge in [0, 0.05) is 16.9 Å². The molecule has 0 spiro atoms. The monoisotopic (exact) mass is 318 g/mol. The number of alkyl halides is 1. The molecule has 0 radical (unpaired) electrons. The number of rotatable bonds is 4. The first kappa shape index (κ1) is 14.6. The lowest BCUT2D eigenvalue weighted by Crippen LogP contribution is -2.45. The summed E-state index contributed by atoms with van der Waals surface area (Å²) in [5, 5.41) is 13.6. The quantitative estimate of drug-likeness (QED) is 0.527. The molecule has 0 aliphatic carbocycles. The van der Waals surface area contributed by atoms with Crippen LogP contribution in [0.2, 0.25) is 0 Å². The third-order valence-corrected chi connectivity index (χ3v) is 3.60. The number of nitro benzene ring substituents is 1. The van der Waals surface area contributed by atoms with Crippen molar-refractivity contribution in [1.29, 1.82) is 0 Å². The second-order valence-electron chi connectivity index (χ2n) is 4.39. The number of nitrogens with zero attached hydrogens (tertiary/aromatic N) is 1. The molecule has 5 nitrogen and oxygen atoms in total. The van der Waals surface area contributed by atoms with Crippen molar-refractivity contribution in [3.8, 4) is 0 Å². The number of carbonyl (C=O) groups excluding carboxylic acids is 1. The maximum absolute atomic E-state index is 13.6. The summed E-state index contributed by atoms with van der Waals surface area (Å²) in [5.41, 5.74) is -1.14. The van der Waals surface area contributed by atoms with Crippen molar-refractivity contribution in [2.45, 2.75) is 19.4 Å². The van der Waals surface area contributed by atoms with E-state index in [0.29, 0.717) is 5.33 Å². The van der Waals surface area contributed by atoms with Gasteiger partial charge in [-0.15, -0.1) is 0 Å². The molecule has 0 fully saturated rings. The molecule has 0 aliphatic heterocycles. The summed E-state index contributed by atoms with van der Waals surface area (Å²) in [6.45, 7) is 3.53. The second kappa shape index (κ2) is 5.43. The third-order valence-electron chi connectivity index (χ3n) is 2.19. The molecule has 1 rings (SSSR count). The van der Waals surface area contributed by atoms with Crippen LogP contribution >= 0.6 is 15.9 Å². The number of hydrogen-bond acceptors (Lipinski definition) is 3. The Kier molecular flexibility index (Phi) is 4.39. The number of non-ortho nitro benzene ring substituents is 1. The number of halogens is 2. The Balaban J connectivity index is 2.97. The minimum atomic E-state index is -0.910. The van der Waals surface area contributed by atoms with Crippen LogP contribution in [0.15, 0.2) is 18.2 Å². The van der Waals surface area contributed by atoms with Crippen molar-refractivity contribution in [2.24, 2.45) is 0 Å². The van der Waals surface area contributed by atoms with Gasteiger partial charge >= 0.3 is 0 Å². The summed E-state index contributed by atoms with van der Waals surface area (Å²) in [6, 6.07) is 2.93. The Hall–Kier alpha value is -1.50. The summed E-state index contributed by atoms with van der Waals surface area (Å²) in [7, 11) is 0. The maximum Gasteiger partial charge on any atom is 0.272 e. The Labute approximate surface area is 112 Å². The predicted molar refractivity (Wildman–Crippen MR) is 68.4 cm³/mol. The van der Waals surface area contributed by atoms with Crippen molar-refractivity contribution in [2.75, 3.05) is 5.33 Å². The molecule has 98 valence electrons. The van der Waals surface area contributed by atoms with Gasteiger partial charge in [-0.3, -0.25) is 14.9 Å². The van der Waals surface area contributed by atoms with E-state index in [4.69, 9.17) is 0 Å². The lowest BCUT2D eigenvalue weighted by Gasteiger charge is -2.23. The van der Waals surface area contributed by atoms with Gasteiger partial charge < -0.3 is 5.32 Å². The highest BCUT2D eigenvalue weighted by Crippen LogP contribution is 2.17. The molecule has 1 aromatic rings. The predicted octanol–water partition coefficient (Wildman–Crippen LogP) is 2.64. The SMILES string of the molecule is CC(C)(CBr)NC(=O)c1ccc([N+](=O)[O-])cc1F. The lowest BCUT2D eigenvalue weighted by molar-refractivity contribution is -0.385. The number of amides is 1. The zero-order chi connectivity index (χ0) is 13.9. The molecule has 0 atom stereocenters. The molecular weight excluding hydrogens is 307 g/mol. The Morgan fingerprint density at radius 1 is 1.56 bits per heavy atom. The van der Waals surface area contributed by atoms with Crippen LogP contribution in [0.25, 0.3) is 0 Å². The van der Waals surface area contributed by atoms with Crippen molar-refractivity contribution < 1.29 is 14.1 Å². The average Bonchev–Trinajstić information content (AvgIpc) is 2.28. The van der Waals surface area contributed by atoms with Gasteiger partial charge in [0.2, 0.25) is 0 Å². The Morgan fingerprint density at radius 2 is 2.17 bits per heavy atom. The van der Waals surface area contributed by atoms with Gasteiger partial charge in [0.25, 0.3) is 11.6 Å². The number of nitro groups is 1. The van der Waals surface area contributed by atoms with Crippen LogP contribution in [-0.4, -0.2) is 21.7 Å². The van der Waals surface area contributed by atoms with Gasteiger partial charge in [-0.05, 0) is 19.9 Å². The molecule has 0 heterocycles. The Bertz CT molecular complexity index is 491. The molecule has 0 saturated heterocycles. The first-order valence-electron chi connectivity index (χ1n) is 5.09. The number of benzene rings is 1. The van der Waals surface area contributed by atoms with Gasteiger partial charge in [0.1, 0.15) is 5.82 Å². The van der Waals surface area contributed by atoms with Crippen LogP contribution in [0.5, 0.6) is 0 Å². The molecular formula is C11H12BrFN2O3. The van der Waals surface area contributed by atoms with E-state index in [0.717, 1.165) is 18.2 Å². The molecule has 0 aromatic heterocycles. The fraction of sp³-hybridized carbons (Fsp3) is 0.364. The summed E-state index contributed by atoms with van der Waals surface area (Å²) in [6.07, 6.45) is 0. The van der Waals surface area contributed by atoms with Crippen molar-refractivity contribution in [1.82, 2.24) is 5.32 Å². The zero-order valence-corrected chi connectivity index (χ0v) is 11.5. The van der Waals surface area contributed by atoms with Crippen LogP contribution in [0, 0.1) is 15.9 Å². The van der Waals surface area contributed by atoms with Gasteiger partial charge in [-0.25, -0.2) is 4.39 Å². The smallest absolute Gasteiger partial charge is 0.272 e. The van der Waals surface area contributed by atoms with E-state index < -0.39 is 22.2 Å². The van der Waals surface area contributed by atoms with Gasteiger partial charge in [0.05, 0.1) is 16.6 Å². The number of carbonyl (C=O) groups is 1. The van der Waals surface area contributed by atoms with E-state index in [1.807, 2.05) is 0 Å². The van der Waals surface area contributed by atoms with E-state index in [9.17, 15) is 19.3 Å². The summed E-state index contributed by atoms with van der Waals surface area (Å²) >= 11 is 3.22. The highest BCUT2D eigenvalue weighted by molar-refractivity contribution is 9.09. The molecule has 0 saturated carbocycles. The summed E-state index contributed by atoms with van der Waals surface area (Å²) in [4.78, 5) is 21.5. The van der Waals surface area contributed by atoms with Gasteiger partial charge in [-0.2, -0.15) is 0 Å². The first-order valence-corrected chi connectivity index (χ1v) is 6.21. The van der Waals surface area contributed by atoms with Crippen LogP contribution in [0.4, 0.5) is 10.1 Å². The number of nitrogens with one attached hydrogen (secondary N) is 1. The molecule has 7 heteroatoms. The zero-order valence-electron chi connectivity index (χ0n) is 9.87. The van der Waals surface area contributed by atoms with Crippen LogP contribution < -0.4 is 5.32 Å². The highest BCUT2D eigenvalue weighted by atomic mass is 79.9. The van der Waals surface area contributed by atoms with Crippen LogP contribution in [0.3, 0.4) is 0 Å². The molecule has 0 aliphatic rings. The van der Waals surface area contributed by atoms with Gasteiger partial charge in [0.15, 0.2) is 0 Å². The highest BCUT2D eigenvalue weighted by Gasteiger charge is 2.22. The minimum absolute atomic E-state index is 0.213. The lowest BCUT2D eigenvalue weighted by atomic mass is 10.1. The largest absolute Gasteiger partial charge is 0.346 e. The minimum Gasteiger partial charge on any atom is -0.346 e. The molecule has 1 amide bonds. The van der Waals surface area contributed by atoms with Crippen molar-refractivity contribution in [3.05, 3.63) is 39.7 Å². The van der Waals surface area contributed by atoms with Crippen LogP contribution in [0.1, 0.15) is 24.2 Å².